The maximum Gasteiger partial charge on any atom is 0.311 e. The summed E-state index contributed by atoms with van der Waals surface area (Å²) in [6.45, 7) is 4.15. The van der Waals surface area contributed by atoms with Crippen LogP contribution in [0.2, 0.25) is 0 Å². The minimum atomic E-state index is -0.893. The van der Waals surface area contributed by atoms with E-state index in [1.807, 2.05) is 60.7 Å². The summed E-state index contributed by atoms with van der Waals surface area (Å²) < 4.78 is 0. The third-order valence-electron chi connectivity index (χ3n) is 3.76. The van der Waals surface area contributed by atoms with E-state index in [1.54, 1.807) is 13.8 Å². The molecule has 0 aliphatic heterocycles. The maximum atomic E-state index is 11.6. The first kappa shape index (κ1) is 15.3. The molecule has 0 aliphatic rings. The Labute approximate surface area is 125 Å². The molecule has 0 spiro atoms. The molecule has 0 fully saturated rings. The van der Waals surface area contributed by atoms with Crippen molar-refractivity contribution in [1.82, 2.24) is 5.32 Å². The molecule has 1 atom stereocenters. The molecule has 3 heteroatoms. The molecule has 2 aromatic rings. The smallest absolute Gasteiger partial charge is 0.311 e. The van der Waals surface area contributed by atoms with Crippen molar-refractivity contribution in [3.63, 3.8) is 0 Å². The molecule has 0 saturated heterocycles. The highest BCUT2D eigenvalue weighted by atomic mass is 16.4. The van der Waals surface area contributed by atoms with Crippen LogP contribution in [0, 0.1) is 5.41 Å². The lowest BCUT2D eigenvalue weighted by molar-refractivity contribution is -0.148. The van der Waals surface area contributed by atoms with Crippen molar-refractivity contribution in [2.75, 3.05) is 0 Å². The molecule has 110 valence electrons. The molecule has 0 aromatic heterocycles. The molecular formula is C18H21NO2. The Kier molecular flexibility index (Phi) is 4.76. The minimum absolute atomic E-state index is 0.253. The third-order valence-corrected chi connectivity index (χ3v) is 3.76. The van der Waals surface area contributed by atoms with Crippen LogP contribution in [0.15, 0.2) is 60.7 Å². The van der Waals surface area contributed by atoms with Crippen molar-refractivity contribution in [2.45, 2.75) is 26.4 Å². The normalized spacial score (nSPS) is 12.9. The highest BCUT2D eigenvalue weighted by Gasteiger charge is 2.37. The molecule has 0 aliphatic carbocycles. The number of hydrogen-bond acceptors (Lipinski definition) is 2. The summed E-state index contributed by atoms with van der Waals surface area (Å²) in [5, 5.41) is 12.9. The van der Waals surface area contributed by atoms with E-state index in [4.69, 9.17) is 0 Å². The zero-order valence-corrected chi connectivity index (χ0v) is 12.4. The highest BCUT2D eigenvalue weighted by molar-refractivity contribution is 5.75. The lowest BCUT2D eigenvalue weighted by Crippen LogP contribution is -2.39. The van der Waals surface area contributed by atoms with E-state index >= 15 is 0 Å². The fraction of sp³-hybridized carbons (Fsp3) is 0.278. The number of carboxylic acids is 1. The number of carbonyl (C=O) groups is 1. The van der Waals surface area contributed by atoms with Gasteiger partial charge in [-0.2, -0.15) is 0 Å². The van der Waals surface area contributed by atoms with E-state index in [1.165, 1.54) is 0 Å². The standard InChI is InChI=1S/C18H21NO2/c1-18(2,17(20)21)16(15-11-7-4-8-12-15)19-13-14-9-5-3-6-10-14/h3-12,16,19H,13H2,1-2H3,(H,20,21). The van der Waals surface area contributed by atoms with Crippen molar-refractivity contribution >= 4 is 5.97 Å². The lowest BCUT2D eigenvalue weighted by Gasteiger charge is -2.32. The second-order valence-corrected chi connectivity index (χ2v) is 5.74. The first-order valence-corrected chi connectivity index (χ1v) is 7.07. The van der Waals surface area contributed by atoms with Crippen molar-refractivity contribution in [2.24, 2.45) is 5.41 Å². The largest absolute Gasteiger partial charge is 0.481 e. The molecule has 0 bridgehead atoms. The predicted octanol–water partition coefficient (Wildman–Crippen LogP) is 3.63. The van der Waals surface area contributed by atoms with E-state index in [-0.39, 0.29) is 6.04 Å². The Balaban J connectivity index is 2.23. The molecular weight excluding hydrogens is 262 g/mol. The molecule has 2 N–H and O–H groups in total. The lowest BCUT2D eigenvalue weighted by atomic mass is 9.80. The fourth-order valence-electron chi connectivity index (χ4n) is 2.37. The quantitative estimate of drug-likeness (QED) is 0.851. The second-order valence-electron chi connectivity index (χ2n) is 5.74. The van der Waals surface area contributed by atoms with Crippen LogP contribution in [0.5, 0.6) is 0 Å². The number of aliphatic carboxylic acids is 1. The Bertz CT molecular complexity index is 579. The van der Waals surface area contributed by atoms with Crippen LogP contribution in [-0.4, -0.2) is 11.1 Å². The summed E-state index contributed by atoms with van der Waals surface area (Å²) in [5.74, 6) is -0.808. The van der Waals surface area contributed by atoms with Crippen LogP contribution in [0.3, 0.4) is 0 Å². The molecule has 1 unspecified atom stereocenters. The van der Waals surface area contributed by atoms with Crippen molar-refractivity contribution < 1.29 is 9.90 Å². The van der Waals surface area contributed by atoms with Gasteiger partial charge in [-0.25, -0.2) is 0 Å². The molecule has 0 amide bonds. The third kappa shape index (κ3) is 3.70. The molecule has 2 rings (SSSR count). The molecule has 0 heterocycles. The van der Waals surface area contributed by atoms with Gasteiger partial charge in [0.2, 0.25) is 0 Å². The van der Waals surface area contributed by atoms with Gasteiger partial charge < -0.3 is 10.4 Å². The van der Waals surface area contributed by atoms with Gasteiger partial charge in [0, 0.05) is 12.6 Å². The van der Waals surface area contributed by atoms with Gasteiger partial charge in [0.1, 0.15) is 0 Å². The van der Waals surface area contributed by atoms with E-state index in [9.17, 15) is 9.90 Å². The Morgan fingerprint density at radius 3 is 2.10 bits per heavy atom. The van der Waals surface area contributed by atoms with E-state index in [0.717, 1.165) is 11.1 Å². The van der Waals surface area contributed by atoms with Gasteiger partial charge in [0.05, 0.1) is 5.41 Å². The molecule has 0 radical (unpaired) electrons. The van der Waals surface area contributed by atoms with Crippen molar-refractivity contribution in [1.29, 1.82) is 0 Å². The zero-order chi connectivity index (χ0) is 15.3. The number of hydrogen-bond donors (Lipinski definition) is 2. The minimum Gasteiger partial charge on any atom is -0.481 e. The summed E-state index contributed by atoms with van der Waals surface area (Å²) in [7, 11) is 0. The summed E-state index contributed by atoms with van der Waals surface area (Å²) in [5.41, 5.74) is 1.23. The van der Waals surface area contributed by atoms with Gasteiger partial charge in [-0.15, -0.1) is 0 Å². The second kappa shape index (κ2) is 6.55. The van der Waals surface area contributed by atoms with Crippen molar-refractivity contribution in [3.05, 3.63) is 71.8 Å². The average Bonchev–Trinajstić information content (AvgIpc) is 2.49. The molecule has 0 saturated carbocycles. The van der Waals surface area contributed by atoms with Crippen molar-refractivity contribution in [3.8, 4) is 0 Å². The Morgan fingerprint density at radius 1 is 1.05 bits per heavy atom. The zero-order valence-electron chi connectivity index (χ0n) is 12.4. The topological polar surface area (TPSA) is 49.3 Å². The van der Waals surface area contributed by atoms with Gasteiger partial charge in [-0.3, -0.25) is 4.79 Å². The van der Waals surface area contributed by atoms with Gasteiger partial charge in [0.25, 0.3) is 0 Å². The first-order valence-electron chi connectivity index (χ1n) is 7.07. The molecule has 2 aromatic carbocycles. The predicted molar refractivity (Wildman–Crippen MR) is 83.9 cm³/mol. The summed E-state index contributed by atoms with van der Waals surface area (Å²) in [6.07, 6.45) is 0. The summed E-state index contributed by atoms with van der Waals surface area (Å²) >= 11 is 0. The average molecular weight is 283 g/mol. The fourth-order valence-corrected chi connectivity index (χ4v) is 2.37. The Hall–Kier alpha value is -2.13. The van der Waals surface area contributed by atoms with Crippen LogP contribution < -0.4 is 5.32 Å². The maximum absolute atomic E-state index is 11.6. The summed E-state index contributed by atoms with van der Waals surface area (Å²) in [4.78, 5) is 11.6. The number of rotatable bonds is 6. The van der Waals surface area contributed by atoms with Crippen LogP contribution in [0.4, 0.5) is 0 Å². The van der Waals surface area contributed by atoms with Gasteiger partial charge in [-0.1, -0.05) is 60.7 Å². The highest BCUT2D eigenvalue weighted by Crippen LogP contribution is 2.33. The van der Waals surface area contributed by atoms with Crippen LogP contribution in [-0.2, 0) is 11.3 Å². The SMILES string of the molecule is CC(C)(C(=O)O)C(NCc1ccccc1)c1ccccc1. The number of benzene rings is 2. The van der Waals surface area contributed by atoms with E-state index in [2.05, 4.69) is 5.32 Å². The van der Waals surface area contributed by atoms with Crippen LogP contribution >= 0.6 is 0 Å². The van der Waals surface area contributed by atoms with E-state index in [0.29, 0.717) is 6.54 Å². The van der Waals surface area contributed by atoms with Gasteiger partial charge >= 0.3 is 5.97 Å². The van der Waals surface area contributed by atoms with Crippen LogP contribution in [0.25, 0.3) is 0 Å². The first-order chi connectivity index (χ1) is 10.0. The van der Waals surface area contributed by atoms with Gasteiger partial charge in [0.15, 0.2) is 0 Å². The number of nitrogens with one attached hydrogen (secondary N) is 1. The number of carboxylic acid groups (broad SMARTS) is 1. The summed E-state index contributed by atoms with van der Waals surface area (Å²) in [6, 6.07) is 19.5. The Morgan fingerprint density at radius 2 is 1.57 bits per heavy atom. The van der Waals surface area contributed by atoms with Crippen LogP contribution in [0.1, 0.15) is 31.0 Å². The molecule has 3 nitrogen and oxygen atoms in total. The monoisotopic (exact) mass is 283 g/mol. The van der Waals surface area contributed by atoms with Gasteiger partial charge in [-0.05, 0) is 25.0 Å². The van der Waals surface area contributed by atoms with E-state index < -0.39 is 11.4 Å². The molecule has 21 heavy (non-hydrogen) atoms.